The summed E-state index contributed by atoms with van der Waals surface area (Å²) in [6, 6.07) is 10.1. The number of benzene rings is 1. The fourth-order valence-corrected chi connectivity index (χ4v) is 7.92. The van der Waals surface area contributed by atoms with Crippen LogP contribution in [-0.2, 0) is 60.9 Å². The Balaban J connectivity index is 0.000000562. The lowest BCUT2D eigenvalue weighted by atomic mass is 10.0. The Morgan fingerprint density at radius 1 is 0.506 bits per heavy atom. The number of ether oxygens (including phenoxy) is 6. The van der Waals surface area contributed by atoms with Gasteiger partial charge >= 0.3 is 36.6 Å². The SMILES string of the molecule is C.CCCCN(C(=O)OC(C)(C)C)c1nc(N(C(=O)OC(C)(C)C)C(=O)OC(C)(C)C)nc2c1CN(Cc1ccccc1)CC2.CCCCN(C(=O)OC(C)(C)C)c1nc(N(C(=O)OC(C)(C)C)C(=O)OC(C)(C)C)nc2c1CNCC2.F. The third-order valence-electron chi connectivity index (χ3n) is 11.2. The van der Waals surface area contributed by atoms with Crippen LogP contribution in [0.1, 0.15) is 200 Å². The number of aromatic nitrogens is 4. The van der Waals surface area contributed by atoms with Crippen molar-refractivity contribution in [2.75, 3.05) is 45.8 Å². The Bertz CT molecular complexity index is 2610. The minimum atomic E-state index is -0.975. The molecular weight excluding hydrogens is 1070 g/mol. The number of fused-ring (bicyclic) bond motifs is 2. The second-order valence-corrected chi connectivity index (χ2v) is 26.0. The van der Waals surface area contributed by atoms with Gasteiger partial charge in [-0.25, -0.2) is 38.7 Å². The molecule has 4 heterocycles. The maximum Gasteiger partial charge on any atom is 0.427 e. The predicted octanol–water partition coefficient (Wildman–Crippen LogP) is 13.4. The van der Waals surface area contributed by atoms with Gasteiger partial charge in [0.05, 0.1) is 11.4 Å². The zero-order valence-electron chi connectivity index (χ0n) is 52.4. The molecule has 0 aliphatic carbocycles. The van der Waals surface area contributed by atoms with E-state index < -0.39 is 70.2 Å². The van der Waals surface area contributed by atoms with Crippen molar-refractivity contribution in [3.8, 4) is 0 Å². The number of hydrogen-bond acceptors (Lipinski definition) is 18. The first-order valence-corrected chi connectivity index (χ1v) is 28.1. The topological polar surface area (TPSA) is 238 Å². The summed E-state index contributed by atoms with van der Waals surface area (Å²) < 4.78 is 33.7. The molecule has 3 aromatic rings. The highest BCUT2D eigenvalue weighted by Gasteiger charge is 2.40. The molecule has 2 aliphatic rings. The third-order valence-corrected chi connectivity index (χ3v) is 11.2. The quantitative estimate of drug-likeness (QED) is 0.166. The van der Waals surface area contributed by atoms with E-state index >= 15 is 0 Å². The number of amides is 6. The highest BCUT2D eigenvalue weighted by atomic mass is 19.0. The molecule has 83 heavy (non-hydrogen) atoms. The van der Waals surface area contributed by atoms with Gasteiger partial charge < -0.3 is 33.7 Å². The molecule has 23 heteroatoms. The van der Waals surface area contributed by atoms with Gasteiger partial charge in [-0.3, -0.25) is 19.4 Å². The van der Waals surface area contributed by atoms with Crippen molar-refractivity contribution in [3.05, 3.63) is 58.4 Å². The van der Waals surface area contributed by atoms with Crippen LogP contribution in [0.5, 0.6) is 0 Å². The molecular formula is C60H97FN10O12. The first kappa shape index (κ1) is 72.4. The largest absolute Gasteiger partial charge is 0.443 e. The highest BCUT2D eigenvalue weighted by Crippen LogP contribution is 2.34. The van der Waals surface area contributed by atoms with Crippen molar-refractivity contribution in [1.29, 1.82) is 0 Å². The van der Waals surface area contributed by atoms with E-state index in [1.165, 1.54) is 9.80 Å². The average molecular weight is 1170 g/mol. The first-order chi connectivity index (χ1) is 37.3. The summed E-state index contributed by atoms with van der Waals surface area (Å²) >= 11 is 0. The van der Waals surface area contributed by atoms with Gasteiger partial charge in [-0.15, -0.1) is 9.80 Å². The summed E-state index contributed by atoms with van der Waals surface area (Å²) in [7, 11) is 0. The lowest BCUT2D eigenvalue weighted by Gasteiger charge is -2.34. The number of nitrogens with one attached hydrogen (secondary N) is 1. The smallest absolute Gasteiger partial charge is 0.427 e. The number of nitrogens with zero attached hydrogens (tertiary/aromatic N) is 9. The molecule has 2 aliphatic heterocycles. The molecule has 6 amide bonds. The van der Waals surface area contributed by atoms with Crippen LogP contribution in [-0.4, -0.2) is 121 Å². The molecule has 466 valence electrons. The molecule has 1 N–H and O–H groups in total. The van der Waals surface area contributed by atoms with Gasteiger partial charge in [0, 0.05) is 69.8 Å². The lowest BCUT2D eigenvalue weighted by molar-refractivity contribution is 0.0404. The van der Waals surface area contributed by atoms with Crippen molar-refractivity contribution in [1.82, 2.24) is 30.2 Å². The molecule has 2 aromatic heterocycles. The molecule has 5 rings (SSSR count). The normalized spacial score (nSPS) is 13.6. The number of halogens is 1. The molecule has 0 radical (unpaired) electrons. The summed E-state index contributed by atoms with van der Waals surface area (Å²) in [6.07, 6.45) is -0.974. The summed E-state index contributed by atoms with van der Waals surface area (Å²) in [5.41, 5.74) is -1.19. The van der Waals surface area contributed by atoms with E-state index in [0.717, 1.165) is 24.0 Å². The van der Waals surface area contributed by atoms with Crippen molar-refractivity contribution in [2.24, 2.45) is 0 Å². The standard InChI is InChI=1S/C33H49N5O6.C26H43N5O6.CH4.FH/c1-11-12-19-37(28(39)42-31(2,3)4)26-24-22-36(21-23-16-14-13-15-17-23)20-18-25(24)34-27(35-26)38(29(40)43-32(5,6)7)30(41)44-33(8,9)10;1-11-12-15-30(21(32)35-24(2,3)4)19-17-16-27-14-13-18(17)28-20(29-19)31(22(33)36-25(5,6)7)23(34)37-26(8,9)10;;/h13-17H,11-12,18-22H2,1-10H3;27H,11-16H2,1-10H3;1H4;1H. The number of imide groups is 2. The van der Waals surface area contributed by atoms with Crippen molar-refractivity contribution < 1.29 is 61.9 Å². The fraction of sp³-hybridized carbons (Fsp3) is 0.667. The predicted molar refractivity (Wildman–Crippen MR) is 320 cm³/mol. The molecule has 22 nitrogen and oxygen atoms in total. The fourth-order valence-electron chi connectivity index (χ4n) is 7.92. The highest BCUT2D eigenvalue weighted by molar-refractivity contribution is 6.09. The first-order valence-electron chi connectivity index (χ1n) is 28.1. The molecule has 0 fully saturated rings. The number of carbonyl (C=O) groups is 6. The summed E-state index contributed by atoms with van der Waals surface area (Å²) in [4.78, 5) is 106. The van der Waals surface area contributed by atoms with Crippen LogP contribution < -0.4 is 24.9 Å². The van der Waals surface area contributed by atoms with Gasteiger partial charge in [0.15, 0.2) is 0 Å². The molecule has 1 aromatic carbocycles. The Kier molecular flexibility index (Phi) is 25.9. The molecule has 0 bridgehead atoms. The number of unbranched alkanes of at least 4 members (excludes halogenated alkanes) is 2. The van der Waals surface area contributed by atoms with Crippen LogP contribution in [0.4, 0.5) is 57.0 Å². The number of carbonyl (C=O) groups excluding carboxylic acids is 6. The molecule has 0 unspecified atom stereocenters. The Hall–Kier alpha value is -6.75. The van der Waals surface area contributed by atoms with E-state index in [2.05, 4.69) is 32.3 Å². The molecule has 0 saturated carbocycles. The second-order valence-electron chi connectivity index (χ2n) is 26.0. The molecule has 0 spiro atoms. The van der Waals surface area contributed by atoms with Gasteiger partial charge in [0.2, 0.25) is 11.9 Å². The van der Waals surface area contributed by atoms with Crippen molar-refractivity contribution in [3.63, 3.8) is 0 Å². The minimum absolute atomic E-state index is 0. The van der Waals surface area contributed by atoms with Gasteiger partial charge in [-0.2, -0.15) is 9.97 Å². The van der Waals surface area contributed by atoms with E-state index in [-0.39, 0.29) is 29.8 Å². The Morgan fingerprint density at radius 3 is 1.22 bits per heavy atom. The van der Waals surface area contributed by atoms with Crippen LogP contribution >= 0.6 is 0 Å². The lowest BCUT2D eigenvalue weighted by Crippen LogP contribution is -2.46. The summed E-state index contributed by atoms with van der Waals surface area (Å²) in [6.45, 7) is 38.8. The van der Waals surface area contributed by atoms with E-state index in [9.17, 15) is 28.8 Å². The maximum atomic E-state index is 13.7. The number of rotatable bonds is 12. The maximum absolute atomic E-state index is 13.7. The summed E-state index contributed by atoms with van der Waals surface area (Å²) in [5, 5.41) is 3.28. The van der Waals surface area contributed by atoms with Crippen molar-refractivity contribution in [2.45, 2.75) is 238 Å². The van der Waals surface area contributed by atoms with E-state index in [0.29, 0.717) is 104 Å². The Morgan fingerprint density at radius 2 is 0.855 bits per heavy atom. The van der Waals surface area contributed by atoms with Crippen LogP contribution in [0.2, 0.25) is 0 Å². The van der Waals surface area contributed by atoms with Crippen LogP contribution in [0.15, 0.2) is 30.3 Å². The van der Waals surface area contributed by atoms with Crippen LogP contribution in [0, 0.1) is 0 Å². The zero-order valence-corrected chi connectivity index (χ0v) is 52.4. The summed E-state index contributed by atoms with van der Waals surface area (Å²) in [5.74, 6) is 0.141. The number of hydrogen-bond donors (Lipinski definition) is 1. The monoisotopic (exact) mass is 1170 g/mol. The second kappa shape index (κ2) is 29.7. The van der Waals surface area contributed by atoms with E-state index in [1.54, 1.807) is 125 Å². The van der Waals surface area contributed by atoms with E-state index in [4.69, 9.17) is 38.4 Å². The minimum Gasteiger partial charge on any atom is -0.443 e. The van der Waals surface area contributed by atoms with Gasteiger partial charge in [-0.1, -0.05) is 64.4 Å². The molecule has 0 saturated heterocycles. The van der Waals surface area contributed by atoms with E-state index in [1.807, 2.05) is 32.0 Å². The van der Waals surface area contributed by atoms with Gasteiger partial charge in [0.1, 0.15) is 45.2 Å². The van der Waals surface area contributed by atoms with Gasteiger partial charge in [0.25, 0.3) is 0 Å². The Labute approximate surface area is 492 Å². The number of anilines is 4. The van der Waals surface area contributed by atoms with Crippen molar-refractivity contribution >= 4 is 60.1 Å². The average Bonchev–Trinajstić information content (AvgIpc) is 3.26. The van der Waals surface area contributed by atoms with Crippen LogP contribution in [0.25, 0.3) is 0 Å². The zero-order chi connectivity index (χ0) is 61.1. The van der Waals surface area contributed by atoms with Gasteiger partial charge in [-0.05, 0) is 143 Å². The molecule has 0 atom stereocenters. The third kappa shape index (κ3) is 23.4. The van der Waals surface area contributed by atoms with Crippen LogP contribution in [0.3, 0.4) is 0 Å².